The van der Waals surface area contributed by atoms with Crippen molar-refractivity contribution in [1.82, 2.24) is 19.8 Å². The van der Waals surface area contributed by atoms with E-state index in [-0.39, 0.29) is 17.1 Å². The van der Waals surface area contributed by atoms with Gasteiger partial charge in [0.2, 0.25) is 0 Å². The molecule has 2 heterocycles. The monoisotopic (exact) mass is 485 g/mol. The van der Waals surface area contributed by atoms with Gasteiger partial charge in [-0.05, 0) is 58.3 Å². The number of rotatable bonds is 6. The number of hydrogen-bond donors (Lipinski definition) is 0. The molecule has 2 aromatic carbocycles. The molecule has 0 bridgehead atoms. The van der Waals surface area contributed by atoms with Crippen LogP contribution >= 0.6 is 0 Å². The normalized spacial score (nSPS) is 24.1. The number of amides is 2. The fourth-order valence-corrected chi connectivity index (χ4v) is 6.06. The number of aryl methyl sites for hydroxylation is 1. The molecule has 1 spiro atoms. The Balaban J connectivity index is 1.51. The van der Waals surface area contributed by atoms with Gasteiger partial charge in [0, 0.05) is 11.1 Å². The summed E-state index contributed by atoms with van der Waals surface area (Å²) in [4.78, 5) is 29.0. The van der Waals surface area contributed by atoms with Crippen molar-refractivity contribution in [3.63, 3.8) is 0 Å². The molecule has 2 amide bonds. The zero-order valence-corrected chi connectivity index (χ0v) is 21.6. The van der Waals surface area contributed by atoms with Gasteiger partial charge in [-0.15, -0.1) is 0 Å². The van der Waals surface area contributed by atoms with E-state index in [1.165, 1.54) is 5.56 Å². The third-order valence-corrected chi connectivity index (χ3v) is 8.26. The average molecular weight is 486 g/mol. The second-order valence-electron chi connectivity index (χ2n) is 10.3. The van der Waals surface area contributed by atoms with Gasteiger partial charge in [-0.1, -0.05) is 48.5 Å². The van der Waals surface area contributed by atoms with Crippen LogP contribution in [0.3, 0.4) is 0 Å². The van der Waals surface area contributed by atoms with Crippen molar-refractivity contribution in [2.24, 2.45) is 0 Å². The predicted molar refractivity (Wildman–Crippen MR) is 141 cm³/mol. The molecule has 2 fully saturated rings. The Morgan fingerprint density at radius 2 is 1.58 bits per heavy atom. The first kappa shape index (κ1) is 24.3. The van der Waals surface area contributed by atoms with Gasteiger partial charge >= 0.3 is 6.03 Å². The Labute approximate surface area is 213 Å². The average Bonchev–Trinajstić information content (AvgIpc) is 3.17. The van der Waals surface area contributed by atoms with Gasteiger partial charge in [-0.2, -0.15) is 0 Å². The van der Waals surface area contributed by atoms with Crippen molar-refractivity contribution < 1.29 is 9.53 Å². The lowest BCUT2D eigenvalue weighted by Gasteiger charge is -2.51. The van der Waals surface area contributed by atoms with E-state index in [9.17, 15) is 4.79 Å². The van der Waals surface area contributed by atoms with Gasteiger partial charge in [0.05, 0.1) is 43.8 Å². The standard InChI is InChI=1S/C29H35N5O2/c1-22-30-18-25(19-31-22)33-21-28(34(27(33)35)20-23-10-8-9-13-26(23)36-4)14-16-29(17-15-28,32(2)3)24-11-6-5-7-12-24/h5-13,18-19H,14-17,20-21H2,1-4H3. The summed E-state index contributed by atoms with van der Waals surface area (Å²) in [7, 11) is 6.03. The van der Waals surface area contributed by atoms with E-state index in [0.717, 1.165) is 42.7 Å². The van der Waals surface area contributed by atoms with Crippen LogP contribution < -0.4 is 9.64 Å². The van der Waals surface area contributed by atoms with Crippen LogP contribution in [0.2, 0.25) is 0 Å². The molecular weight excluding hydrogens is 450 g/mol. The Hall–Kier alpha value is -3.45. The number of carbonyl (C=O) groups excluding carboxylic acids is 1. The highest BCUT2D eigenvalue weighted by atomic mass is 16.5. The Morgan fingerprint density at radius 1 is 0.944 bits per heavy atom. The molecule has 5 rings (SSSR count). The maximum Gasteiger partial charge on any atom is 0.325 e. The first-order valence-electron chi connectivity index (χ1n) is 12.6. The van der Waals surface area contributed by atoms with Gasteiger partial charge in [0.1, 0.15) is 11.6 Å². The molecule has 0 radical (unpaired) electrons. The van der Waals surface area contributed by atoms with Crippen LogP contribution in [0.15, 0.2) is 67.0 Å². The molecule has 1 saturated carbocycles. The van der Waals surface area contributed by atoms with E-state index in [4.69, 9.17) is 4.74 Å². The molecule has 0 unspecified atom stereocenters. The highest BCUT2D eigenvalue weighted by Gasteiger charge is 2.55. The predicted octanol–water partition coefficient (Wildman–Crippen LogP) is 5.01. The number of benzene rings is 2. The first-order valence-corrected chi connectivity index (χ1v) is 12.6. The van der Waals surface area contributed by atoms with Crippen molar-refractivity contribution in [1.29, 1.82) is 0 Å². The number of ether oxygens (including phenoxy) is 1. The lowest BCUT2D eigenvalue weighted by molar-refractivity contribution is 0.0236. The van der Waals surface area contributed by atoms with E-state index in [1.54, 1.807) is 19.5 Å². The quantitative estimate of drug-likeness (QED) is 0.491. The van der Waals surface area contributed by atoms with E-state index in [2.05, 4.69) is 64.2 Å². The zero-order valence-electron chi connectivity index (χ0n) is 21.6. The molecule has 1 aliphatic heterocycles. The summed E-state index contributed by atoms with van der Waals surface area (Å²) in [6.45, 7) is 2.99. The summed E-state index contributed by atoms with van der Waals surface area (Å²) in [5.74, 6) is 1.50. The second kappa shape index (κ2) is 9.54. The minimum Gasteiger partial charge on any atom is -0.496 e. The third-order valence-electron chi connectivity index (χ3n) is 8.26. The summed E-state index contributed by atoms with van der Waals surface area (Å²) in [6.07, 6.45) is 7.28. The Morgan fingerprint density at radius 3 is 2.22 bits per heavy atom. The van der Waals surface area contributed by atoms with Crippen LogP contribution in [-0.4, -0.2) is 59.1 Å². The van der Waals surface area contributed by atoms with Gasteiger partial charge in [-0.25, -0.2) is 14.8 Å². The van der Waals surface area contributed by atoms with Crippen LogP contribution in [0.1, 0.15) is 42.6 Å². The molecule has 7 heteroatoms. The molecule has 1 saturated heterocycles. The van der Waals surface area contributed by atoms with Crippen LogP contribution in [0.4, 0.5) is 10.5 Å². The van der Waals surface area contributed by atoms with Gasteiger partial charge < -0.3 is 9.64 Å². The van der Waals surface area contributed by atoms with E-state index >= 15 is 0 Å². The zero-order chi connectivity index (χ0) is 25.3. The molecule has 0 N–H and O–H groups in total. The molecule has 2 aliphatic rings. The largest absolute Gasteiger partial charge is 0.496 e. The van der Waals surface area contributed by atoms with Crippen molar-refractivity contribution >= 4 is 11.7 Å². The minimum absolute atomic E-state index is 0.00502. The molecule has 188 valence electrons. The fraction of sp³-hybridized carbons (Fsp3) is 0.414. The first-order chi connectivity index (χ1) is 17.4. The summed E-state index contributed by atoms with van der Waals surface area (Å²) in [5, 5.41) is 0. The summed E-state index contributed by atoms with van der Waals surface area (Å²) >= 11 is 0. The van der Waals surface area contributed by atoms with E-state index in [0.29, 0.717) is 18.9 Å². The van der Waals surface area contributed by atoms with Gasteiger partial charge in [-0.3, -0.25) is 9.80 Å². The topological polar surface area (TPSA) is 61.8 Å². The molecule has 3 aromatic rings. The van der Waals surface area contributed by atoms with Crippen molar-refractivity contribution in [2.75, 3.05) is 32.6 Å². The third kappa shape index (κ3) is 4.11. The summed E-state index contributed by atoms with van der Waals surface area (Å²) in [6, 6.07) is 18.8. The van der Waals surface area contributed by atoms with Crippen molar-refractivity contribution in [3.05, 3.63) is 83.9 Å². The van der Waals surface area contributed by atoms with Crippen molar-refractivity contribution in [3.8, 4) is 5.75 Å². The lowest BCUT2D eigenvalue weighted by Crippen LogP contribution is -2.55. The van der Waals surface area contributed by atoms with Crippen LogP contribution in [-0.2, 0) is 12.1 Å². The molecule has 1 aliphatic carbocycles. The number of urea groups is 1. The summed E-state index contributed by atoms with van der Waals surface area (Å²) in [5.41, 5.74) is 2.78. The summed E-state index contributed by atoms with van der Waals surface area (Å²) < 4.78 is 5.64. The van der Waals surface area contributed by atoms with Crippen LogP contribution in [0.5, 0.6) is 5.75 Å². The highest BCUT2D eigenvalue weighted by molar-refractivity contribution is 5.95. The maximum atomic E-state index is 14.0. The van der Waals surface area contributed by atoms with Crippen LogP contribution in [0.25, 0.3) is 0 Å². The number of carbonyl (C=O) groups is 1. The Bertz CT molecular complexity index is 1200. The smallest absolute Gasteiger partial charge is 0.325 e. The maximum absolute atomic E-state index is 14.0. The Kier molecular flexibility index (Phi) is 6.43. The minimum atomic E-state index is -0.281. The number of hydrogen-bond acceptors (Lipinski definition) is 5. The molecule has 1 aromatic heterocycles. The number of aromatic nitrogens is 2. The number of nitrogens with zero attached hydrogens (tertiary/aromatic N) is 5. The number of anilines is 1. The van der Waals surface area contributed by atoms with E-state index in [1.807, 2.05) is 36.1 Å². The SMILES string of the molecule is COc1ccccc1CN1C(=O)N(c2cnc(C)nc2)CC12CCC(c1ccccc1)(N(C)C)CC2. The molecule has 36 heavy (non-hydrogen) atoms. The lowest BCUT2D eigenvalue weighted by atomic mass is 9.68. The second-order valence-corrected chi connectivity index (χ2v) is 10.3. The number of methoxy groups -OCH3 is 1. The molecule has 0 atom stereocenters. The van der Waals surface area contributed by atoms with E-state index < -0.39 is 0 Å². The number of para-hydroxylation sites is 1. The fourth-order valence-electron chi connectivity index (χ4n) is 6.06. The molecule has 7 nitrogen and oxygen atoms in total. The molecular formula is C29H35N5O2. The van der Waals surface area contributed by atoms with Crippen LogP contribution in [0, 0.1) is 6.92 Å². The highest BCUT2D eigenvalue weighted by Crippen LogP contribution is 2.50. The van der Waals surface area contributed by atoms with Gasteiger partial charge in [0.25, 0.3) is 0 Å². The van der Waals surface area contributed by atoms with Gasteiger partial charge in [0.15, 0.2) is 0 Å². The van der Waals surface area contributed by atoms with Crippen molar-refractivity contribution in [2.45, 2.75) is 50.2 Å².